The van der Waals surface area contributed by atoms with Crippen molar-refractivity contribution in [2.24, 2.45) is 0 Å². The predicted molar refractivity (Wildman–Crippen MR) is 77.1 cm³/mol. The van der Waals surface area contributed by atoms with Crippen LogP contribution in [0, 0.1) is 20.6 Å². The van der Waals surface area contributed by atoms with E-state index in [1.807, 2.05) is 24.3 Å². The topological polar surface area (TPSA) is 52.4 Å². The van der Waals surface area contributed by atoms with Gasteiger partial charge in [0.1, 0.15) is 11.5 Å². The Morgan fingerprint density at radius 2 is 1.72 bits per heavy atom. The number of hydrogen-bond acceptors (Lipinski definition) is 3. The number of halogens is 1. The summed E-state index contributed by atoms with van der Waals surface area (Å²) in [5, 5.41) is 10.7. The number of ether oxygens (including phenoxy) is 1. The smallest absolute Gasteiger partial charge is 0.272 e. The molecule has 18 heavy (non-hydrogen) atoms. The van der Waals surface area contributed by atoms with Crippen molar-refractivity contribution >= 4 is 28.3 Å². The maximum atomic E-state index is 10.7. The molecule has 0 saturated heterocycles. The zero-order valence-corrected chi connectivity index (χ0v) is 11.7. The summed E-state index contributed by atoms with van der Waals surface area (Å²) in [6, 6.07) is 12.3. The Hall–Kier alpha value is -1.63. The molecule has 0 aliphatic rings. The first-order valence-electron chi connectivity index (χ1n) is 5.25. The molecule has 0 N–H and O–H groups in total. The summed E-state index contributed by atoms with van der Waals surface area (Å²) in [5.41, 5.74) is 0.688. The lowest BCUT2D eigenvalue weighted by Crippen LogP contribution is -1.92. The van der Waals surface area contributed by atoms with Gasteiger partial charge in [-0.1, -0.05) is 0 Å². The standard InChI is InChI=1S/C13H10INO3/c1-9-8-12(6-7-13(9)15(16)17)18-11-4-2-10(14)3-5-11/h2-8H,1H3. The van der Waals surface area contributed by atoms with E-state index >= 15 is 0 Å². The lowest BCUT2D eigenvalue weighted by molar-refractivity contribution is -0.385. The molecule has 5 heteroatoms. The van der Waals surface area contributed by atoms with Crippen LogP contribution in [0.4, 0.5) is 5.69 Å². The molecule has 2 aromatic carbocycles. The van der Waals surface area contributed by atoms with Gasteiger partial charge in [0.2, 0.25) is 0 Å². The normalized spacial score (nSPS) is 10.1. The van der Waals surface area contributed by atoms with Crippen LogP contribution in [0.1, 0.15) is 5.56 Å². The third kappa shape index (κ3) is 2.98. The van der Waals surface area contributed by atoms with Crippen LogP contribution >= 0.6 is 22.6 Å². The minimum absolute atomic E-state index is 0.102. The van der Waals surface area contributed by atoms with Gasteiger partial charge in [-0.25, -0.2) is 0 Å². The largest absolute Gasteiger partial charge is 0.457 e. The molecular formula is C13H10INO3. The molecule has 0 aromatic heterocycles. The number of nitro groups is 1. The summed E-state index contributed by atoms with van der Waals surface area (Å²) in [4.78, 5) is 10.3. The van der Waals surface area contributed by atoms with Crippen molar-refractivity contribution in [3.8, 4) is 11.5 Å². The third-order valence-corrected chi connectivity index (χ3v) is 3.13. The summed E-state index contributed by atoms with van der Waals surface area (Å²) in [7, 11) is 0. The molecule has 0 radical (unpaired) electrons. The second-order valence-electron chi connectivity index (χ2n) is 3.76. The minimum atomic E-state index is -0.399. The Morgan fingerprint density at radius 1 is 1.11 bits per heavy atom. The first-order chi connectivity index (χ1) is 8.56. The maximum absolute atomic E-state index is 10.7. The van der Waals surface area contributed by atoms with Gasteiger partial charge >= 0.3 is 0 Å². The summed E-state index contributed by atoms with van der Waals surface area (Å²) in [6.07, 6.45) is 0. The summed E-state index contributed by atoms with van der Waals surface area (Å²) in [5.74, 6) is 1.31. The molecule has 2 aromatic rings. The Labute approximate surface area is 118 Å². The number of benzene rings is 2. The first-order valence-corrected chi connectivity index (χ1v) is 6.32. The molecule has 0 atom stereocenters. The minimum Gasteiger partial charge on any atom is -0.457 e. The van der Waals surface area contributed by atoms with E-state index < -0.39 is 4.92 Å². The van der Waals surface area contributed by atoms with Crippen LogP contribution in [0.2, 0.25) is 0 Å². The lowest BCUT2D eigenvalue weighted by atomic mass is 10.2. The van der Waals surface area contributed by atoms with Crippen LogP contribution in [0.3, 0.4) is 0 Å². The first kappa shape index (κ1) is 12.8. The quantitative estimate of drug-likeness (QED) is 0.469. The van der Waals surface area contributed by atoms with E-state index in [9.17, 15) is 10.1 Å². The number of nitrogens with zero attached hydrogens (tertiary/aromatic N) is 1. The lowest BCUT2D eigenvalue weighted by Gasteiger charge is -2.06. The average Bonchev–Trinajstić information content (AvgIpc) is 2.32. The van der Waals surface area contributed by atoms with Crippen LogP contribution in [0.15, 0.2) is 42.5 Å². The third-order valence-electron chi connectivity index (χ3n) is 2.41. The summed E-state index contributed by atoms with van der Waals surface area (Å²) >= 11 is 2.21. The number of nitro benzene ring substituents is 1. The average molecular weight is 355 g/mol. The molecule has 0 saturated carbocycles. The Morgan fingerprint density at radius 3 is 2.28 bits per heavy atom. The van der Waals surface area contributed by atoms with Crippen LogP contribution in [0.5, 0.6) is 11.5 Å². The fraction of sp³-hybridized carbons (Fsp3) is 0.0769. The highest BCUT2D eigenvalue weighted by atomic mass is 127. The Bertz CT molecular complexity index is 581. The van der Waals surface area contributed by atoms with E-state index in [0.717, 1.165) is 3.57 Å². The number of rotatable bonds is 3. The zero-order chi connectivity index (χ0) is 13.1. The van der Waals surface area contributed by atoms with E-state index in [1.54, 1.807) is 19.1 Å². The second kappa shape index (κ2) is 5.34. The zero-order valence-electron chi connectivity index (χ0n) is 9.59. The van der Waals surface area contributed by atoms with Crippen molar-refractivity contribution in [1.29, 1.82) is 0 Å². The van der Waals surface area contributed by atoms with Crippen molar-refractivity contribution < 1.29 is 9.66 Å². The van der Waals surface area contributed by atoms with Crippen molar-refractivity contribution in [2.45, 2.75) is 6.92 Å². The van der Waals surface area contributed by atoms with E-state index in [4.69, 9.17) is 4.74 Å². The molecule has 0 heterocycles. The molecule has 0 aliphatic heterocycles. The molecule has 0 amide bonds. The van der Waals surface area contributed by atoms with Gasteiger partial charge in [0.25, 0.3) is 5.69 Å². The van der Waals surface area contributed by atoms with Crippen molar-refractivity contribution in [1.82, 2.24) is 0 Å². The second-order valence-corrected chi connectivity index (χ2v) is 5.01. The molecule has 4 nitrogen and oxygen atoms in total. The predicted octanol–water partition coefficient (Wildman–Crippen LogP) is 4.30. The van der Waals surface area contributed by atoms with E-state index in [-0.39, 0.29) is 5.69 Å². The molecule has 2 rings (SSSR count). The fourth-order valence-corrected chi connectivity index (χ4v) is 1.89. The Balaban J connectivity index is 2.22. The van der Waals surface area contributed by atoms with E-state index in [1.165, 1.54) is 6.07 Å². The highest BCUT2D eigenvalue weighted by molar-refractivity contribution is 14.1. The summed E-state index contributed by atoms with van der Waals surface area (Å²) in [6.45, 7) is 1.69. The van der Waals surface area contributed by atoms with Gasteiger partial charge in [-0.05, 0) is 65.9 Å². The molecule has 0 aliphatic carbocycles. The maximum Gasteiger partial charge on any atom is 0.272 e. The highest BCUT2D eigenvalue weighted by Crippen LogP contribution is 2.27. The van der Waals surface area contributed by atoms with E-state index in [2.05, 4.69) is 22.6 Å². The van der Waals surface area contributed by atoms with Crippen molar-refractivity contribution in [2.75, 3.05) is 0 Å². The highest BCUT2D eigenvalue weighted by Gasteiger charge is 2.10. The molecular weight excluding hydrogens is 345 g/mol. The van der Waals surface area contributed by atoms with Crippen molar-refractivity contribution in [3.63, 3.8) is 0 Å². The number of aryl methyl sites for hydroxylation is 1. The molecule has 0 fully saturated rings. The van der Waals surface area contributed by atoms with Crippen LogP contribution in [-0.4, -0.2) is 4.92 Å². The van der Waals surface area contributed by atoms with E-state index in [0.29, 0.717) is 17.1 Å². The number of hydrogen-bond donors (Lipinski definition) is 0. The Kier molecular flexibility index (Phi) is 3.81. The van der Waals surface area contributed by atoms with Gasteiger partial charge in [-0.15, -0.1) is 0 Å². The molecule has 0 unspecified atom stereocenters. The van der Waals surface area contributed by atoms with Gasteiger partial charge in [-0.3, -0.25) is 10.1 Å². The van der Waals surface area contributed by atoms with Crippen LogP contribution < -0.4 is 4.74 Å². The molecule has 0 bridgehead atoms. The molecule has 92 valence electrons. The fourth-order valence-electron chi connectivity index (χ4n) is 1.54. The van der Waals surface area contributed by atoms with Gasteiger partial charge in [0.15, 0.2) is 0 Å². The van der Waals surface area contributed by atoms with Crippen LogP contribution in [-0.2, 0) is 0 Å². The SMILES string of the molecule is Cc1cc(Oc2ccc(I)cc2)ccc1[N+](=O)[O-]. The molecule has 0 spiro atoms. The van der Waals surface area contributed by atoms with Crippen LogP contribution in [0.25, 0.3) is 0 Å². The van der Waals surface area contributed by atoms with Crippen molar-refractivity contribution in [3.05, 3.63) is 61.7 Å². The summed E-state index contributed by atoms with van der Waals surface area (Å²) < 4.78 is 6.75. The van der Waals surface area contributed by atoms with Gasteiger partial charge in [-0.2, -0.15) is 0 Å². The van der Waals surface area contributed by atoms with Gasteiger partial charge in [0, 0.05) is 15.2 Å². The monoisotopic (exact) mass is 355 g/mol. The van der Waals surface area contributed by atoms with Gasteiger partial charge in [0.05, 0.1) is 4.92 Å². The van der Waals surface area contributed by atoms with Gasteiger partial charge < -0.3 is 4.74 Å².